The van der Waals surface area contributed by atoms with Crippen LogP contribution in [0.5, 0.6) is 11.5 Å². The van der Waals surface area contributed by atoms with Gasteiger partial charge in [0, 0.05) is 0 Å². The standard InChI is InChI=1S/C21H35NO4/c1-2-3-4-5-6-7-8-9-10-11-14-26-21(25)18(22)15-17-12-13-19(23)20(24)16-17/h12-13,16,18,23-24H,2-11,14-15,22H2,1H3. The molecular formula is C21H35NO4. The van der Waals surface area contributed by atoms with Gasteiger partial charge in [0.25, 0.3) is 0 Å². The first-order valence-corrected chi connectivity index (χ1v) is 9.97. The smallest absolute Gasteiger partial charge is 0.323 e. The number of hydrogen-bond donors (Lipinski definition) is 3. The Hall–Kier alpha value is -1.75. The minimum Gasteiger partial charge on any atom is -0.504 e. The highest BCUT2D eigenvalue weighted by Crippen LogP contribution is 2.25. The molecule has 0 saturated heterocycles. The number of ether oxygens (including phenoxy) is 1. The molecular weight excluding hydrogens is 330 g/mol. The van der Waals surface area contributed by atoms with E-state index in [1.54, 1.807) is 6.07 Å². The number of nitrogens with two attached hydrogens (primary N) is 1. The highest BCUT2D eigenvalue weighted by Gasteiger charge is 2.16. The number of benzene rings is 1. The summed E-state index contributed by atoms with van der Waals surface area (Å²) in [5.74, 6) is -0.826. The molecule has 0 aliphatic rings. The lowest BCUT2D eigenvalue weighted by atomic mass is 10.1. The van der Waals surface area contributed by atoms with Gasteiger partial charge in [-0.1, -0.05) is 70.8 Å². The summed E-state index contributed by atoms with van der Waals surface area (Å²) in [6, 6.07) is 3.66. The molecule has 1 aromatic carbocycles. The molecule has 148 valence electrons. The average molecular weight is 366 g/mol. The van der Waals surface area contributed by atoms with Crippen LogP contribution < -0.4 is 5.73 Å². The first-order valence-electron chi connectivity index (χ1n) is 9.97. The van der Waals surface area contributed by atoms with E-state index in [4.69, 9.17) is 10.5 Å². The molecule has 1 unspecified atom stereocenters. The molecule has 5 nitrogen and oxygen atoms in total. The number of carbonyl (C=O) groups excluding carboxylic acids is 1. The zero-order valence-electron chi connectivity index (χ0n) is 16.1. The summed E-state index contributed by atoms with van der Waals surface area (Å²) in [6.45, 7) is 2.64. The second-order valence-electron chi connectivity index (χ2n) is 6.98. The molecule has 1 aromatic rings. The van der Waals surface area contributed by atoms with Crippen molar-refractivity contribution in [2.45, 2.75) is 83.6 Å². The van der Waals surface area contributed by atoms with E-state index in [2.05, 4.69) is 6.92 Å². The topological polar surface area (TPSA) is 92.8 Å². The second kappa shape index (κ2) is 13.5. The summed E-state index contributed by atoms with van der Waals surface area (Å²) in [5, 5.41) is 18.7. The maximum atomic E-state index is 11.9. The van der Waals surface area contributed by atoms with E-state index >= 15 is 0 Å². The minimum atomic E-state index is -0.762. The monoisotopic (exact) mass is 365 g/mol. The van der Waals surface area contributed by atoms with Crippen LogP contribution in [-0.2, 0) is 16.0 Å². The van der Waals surface area contributed by atoms with Crippen molar-refractivity contribution >= 4 is 5.97 Å². The normalized spacial score (nSPS) is 12.1. The fourth-order valence-corrected chi connectivity index (χ4v) is 2.90. The molecule has 0 fully saturated rings. The Morgan fingerprint density at radius 1 is 0.962 bits per heavy atom. The largest absolute Gasteiger partial charge is 0.504 e. The van der Waals surface area contributed by atoms with Gasteiger partial charge in [-0.05, 0) is 30.5 Å². The van der Waals surface area contributed by atoms with Crippen LogP contribution in [0.15, 0.2) is 18.2 Å². The van der Waals surface area contributed by atoms with Gasteiger partial charge < -0.3 is 20.7 Å². The van der Waals surface area contributed by atoms with Gasteiger partial charge in [-0.2, -0.15) is 0 Å². The summed E-state index contributed by atoms with van der Waals surface area (Å²) in [4.78, 5) is 11.9. The molecule has 5 heteroatoms. The number of carbonyl (C=O) groups is 1. The molecule has 0 bridgehead atoms. The molecule has 0 heterocycles. The molecule has 0 aliphatic heterocycles. The van der Waals surface area contributed by atoms with Crippen LogP contribution in [0.1, 0.15) is 76.7 Å². The van der Waals surface area contributed by atoms with Crippen molar-refractivity contribution in [3.05, 3.63) is 23.8 Å². The van der Waals surface area contributed by atoms with Crippen molar-refractivity contribution in [3.8, 4) is 11.5 Å². The van der Waals surface area contributed by atoms with E-state index in [-0.39, 0.29) is 17.9 Å². The highest BCUT2D eigenvalue weighted by molar-refractivity contribution is 5.75. The van der Waals surface area contributed by atoms with E-state index in [0.717, 1.165) is 12.8 Å². The zero-order chi connectivity index (χ0) is 19.2. The van der Waals surface area contributed by atoms with Gasteiger partial charge in [0.1, 0.15) is 6.04 Å². The molecule has 0 aliphatic carbocycles. The molecule has 0 radical (unpaired) electrons. The summed E-state index contributed by atoms with van der Waals surface area (Å²) >= 11 is 0. The summed E-state index contributed by atoms with van der Waals surface area (Å²) < 4.78 is 5.23. The van der Waals surface area contributed by atoms with Crippen LogP contribution in [0.3, 0.4) is 0 Å². The summed E-state index contributed by atoms with van der Waals surface area (Å²) in [5.41, 5.74) is 6.53. The molecule has 0 saturated carbocycles. The maximum absolute atomic E-state index is 11.9. The number of phenolic OH excluding ortho intramolecular Hbond substituents is 2. The van der Waals surface area contributed by atoms with Gasteiger partial charge >= 0.3 is 5.97 Å². The number of hydrogen-bond acceptors (Lipinski definition) is 5. The van der Waals surface area contributed by atoms with Crippen LogP contribution in [-0.4, -0.2) is 28.8 Å². The molecule has 26 heavy (non-hydrogen) atoms. The first kappa shape index (κ1) is 22.3. The molecule has 1 rings (SSSR count). The Kier molecular flexibility index (Phi) is 11.5. The van der Waals surface area contributed by atoms with Gasteiger partial charge in [0.2, 0.25) is 0 Å². The number of aromatic hydroxyl groups is 2. The Labute approximate surface area is 157 Å². The van der Waals surface area contributed by atoms with Gasteiger partial charge in [-0.3, -0.25) is 4.79 Å². The summed E-state index contributed by atoms with van der Waals surface area (Å²) in [6.07, 6.45) is 12.6. The fraction of sp³-hybridized carbons (Fsp3) is 0.667. The van der Waals surface area contributed by atoms with Crippen LogP contribution in [0.2, 0.25) is 0 Å². The zero-order valence-corrected chi connectivity index (χ0v) is 16.1. The van der Waals surface area contributed by atoms with E-state index < -0.39 is 12.0 Å². The van der Waals surface area contributed by atoms with Crippen molar-refractivity contribution in [1.82, 2.24) is 0 Å². The van der Waals surface area contributed by atoms with Gasteiger partial charge in [0.05, 0.1) is 6.61 Å². The predicted molar refractivity (Wildman–Crippen MR) is 104 cm³/mol. The number of rotatable bonds is 14. The molecule has 1 atom stereocenters. The van der Waals surface area contributed by atoms with Crippen molar-refractivity contribution in [2.75, 3.05) is 6.61 Å². The fourth-order valence-electron chi connectivity index (χ4n) is 2.90. The predicted octanol–water partition coefficient (Wildman–Crippen LogP) is 4.43. The van der Waals surface area contributed by atoms with E-state index in [1.807, 2.05) is 0 Å². The van der Waals surface area contributed by atoms with E-state index in [0.29, 0.717) is 12.2 Å². The Morgan fingerprint density at radius 3 is 2.12 bits per heavy atom. The summed E-state index contributed by atoms with van der Waals surface area (Å²) in [7, 11) is 0. The number of unbranched alkanes of at least 4 members (excludes halogenated alkanes) is 9. The minimum absolute atomic E-state index is 0.189. The van der Waals surface area contributed by atoms with Crippen LogP contribution >= 0.6 is 0 Å². The third-order valence-corrected chi connectivity index (χ3v) is 4.54. The van der Waals surface area contributed by atoms with Crippen molar-refractivity contribution < 1.29 is 19.7 Å². The average Bonchev–Trinajstić information content (AvgIpc) is 2.62. The van der Waals surface area contributed by atoms with Crippen LogP contribution in [0.4, 0.5) is 0 Å². The van der Waals surface area contributed by atoms with Crippen molar-refractivity contribution in [2.24, 2.45) is 5.73 Å². The molecule has 0 amide bonds. The first-order chi connectivity index (χ1) is 12.5. The van der Waals surface area contributed by atoms with Gasteiger partial charge in [-0.15, -0.1) is 0 Å². The molecule has 0 spiro atoms. The number of phenols is 2. The van der Waals surface area contributed by atoms with Crippen molar-refractivity contribution in [3.63, 3.8) is 0 Å². The number of esters is 1. The molecule has 4 N–H and O–H groups in total. The van der Waals surface area contributed by atoms with E-state index in [9.17, 15) is 15.0 Å². The van der Waals surface area contributed by atoms with Crippen molar-refractivity contribution in [1.29, 1.82) is 0 Å². The van der Waals surface area contributed by atoms with E-state index in [1.165, 1.54) is 63.5 Å². The lowest BCUT2D eigenvalue weighted by Gasteiger charge is -2.12. The quantitative estimate of drug-likeness (QED) is 0.258. The lowest BCUT2D eigenvalue weighted by molar-refractivity contribution is -0.145. The SMILES string of the molecule is CCCCCCCCCCCCOC(=O)C(N)Cc1ccc(O)c(O)c1. The Bertz CT molecular complexity index is 519. The maximum Gasteiger partial charge on any atom is 0.323 e. The third-order valence-electron chi connectivity index (χ3n) is 4.54. The molecule has 0 aromatic heterocycles. The lowest BCUT2D eigenvalue weighted by Crippen LogP contribution is -2.34. The second-order valence-corrected chi connectivity index (χ2v) is 6.98. The highest BCUT2D eigenvalue weighted by atomic mass is 16.5. The Morgan fingerprint density at radius 2 is 1.54 bits per heavy atom. The van der Waals surface area contributed by atoms with Crippen LogP contribution in [0, 0.1) is 0 Å². The third kappa shape index (κ3) is 9.66. The van der Waals surface area contributed by atoms with Gasteiger partial charge in [-0.25, -0.2) is 0 Å². The van der Waals surface area contributed by atoms with Gasteiger partial charge in [0.15, 0.2) is 11.5 Å². The Balaban J connectivity index is 2.04. The van der Waals surface area contributed by atoms with Crippen LogP contribution in [0.25, 0.3) is 0 Å².